The van der Waals surface area contributed by atoms with E-state index in [1.165, 1.54) is 0 Å². The van der Waals surface area contributed by atoms with Crippen molar-refractivity contribution < 1.29 is 14.3 Å². The molecule has 3 rings (SSSR count). The molecule has 1 aromatic heterocycles. The zero-order valence-corrected chi connectivity index (χ0v) is 14.7. The van der Waals surface area contributed by atoms with Gasteiger partial charge in [-0.1, -0.05) is 36.4 Å². The first-order chi connectivity index (χ1) is 12.3. The average Bonchev–Trinajstić information content (AvgIpc) is 3.16. The van der Waals surface area contributed by atoms with Gasteiger partial charge in [0.2, 0.25) is 0 Å². The number of para-hydroxylation sites is 3. The summed E-state index contributed by atoms with van der Waals surface area (Å²) in [6.07, 6.45) is 0. The predicted octanol–water partition coefficient (Wildman–Crippen LogP) is 4.83. The monoisotopic (exact) mass is 353 g/mol. The van der Waals surface area contributed by atoms with Crippen molar-refractivity contribution >= 4 is 22.9 Å². The maximum Gasteiger partial charge on any atom is 0.262 e. The van der Waals surface area contributed by atoms with Gasteiger partial charge in [0, 0.05) is 16.1 Å². The molecule has 25 heavy (non-hydrogen) atoms. The average molecular weight is 353 g/mol. The Morgan fingerprint density at radius 1 is 0.960 bits per heavy atom. The summed E-state index contributed by atoms with van der Waals surface area (Å²) < 4.78 is 11.1. The molecule has 1 amide bonds. The molecule has 0 saturated heterocycles. The summed E-state index contributed by atoms with van der Waals surface area (Å²) in [5.74, 6) is 0.984. The largest absolute Gasteiger partial charge is 0.490 e. The molecular formula is C20H19NO3S. The van der Waals surface area contributed by atoms with Crippen molar-refractivity contribution in [1.29, 1.82) is 0 Å². The molecule has 3 aromatic rings. The number of hydrogen-bond donors (Lipinski definition) is 1. The standard InChI is InChI=1S/C20H19NO3S/c1-2-23-17-10-5-6-11-18(17)24-14-20(22)21-16-9-4-3-8-15(16)19-12-7-13-25-19/h3-13H,2,14H2,1H3,(H,21,22). The SMILES string of the molecule is CCOc1ccccc1OCC(=O)Nc1ccccc1-c1cccs1. The minimum atomic E-state index is -0.213. The molecule has 2 aromatic carbocycles. The number of carbonyl (C=O) groups excluding carboxylic acids is 1. The lowest BCUT2D eigenvalue weighted by atomic mass is 10.1. The number of carbonyl (C=O) groups is 1. The van der Waals surface area contributed by atoms with Crippen LogP contribution in [0.3, 0.4) is 0 Å². The maximum absolute atomic E-state index is 12.3. The van der Waals surface area contributed by atoms with Crippen LogP contribution in [0, 0.1) is 0 Å². The highest BCUT2D eigenvalue weighted by atomic mass is 32.1. The van der Waals surface area contributed by atoms with Crippen LogP contribution in [0.25, 0.3) is 10.4 Å². The van der Waals surface area contributed by atoms with E-state index in [1.807, 2.05) is 66.9 Å². The molecular weight excluding hydrogens is 334 g/mol. The second-order valence-electron chi connectivity index (χ2n) is 5.24. The van der Waals surface area contributed by atoms with Gasteiger partial charge in [0.1, 0.15) is 0 Å². The Bertz CT molecular complexity index is 830. The molecule has 4 nitrogen and oxygen atoms in total. The number of benzene rings is 2. The number of nitrogens with one attached hydrogen (secondary N) is 1. The number of ether oxygens (including phenoxy) is 2. The van der Waals surface area contributed by atoms with Crippen molar-refractivity contribution in [1.82, 2.24) is 0 Å². The van der Waals surface area contributed by atoms with E-state index in [4.69, 9.17) is 9.47 Å². The van der Waals surface area contributed by atoms with Gasteiger partial charge in [-0.25, -0.2) is 0 Å². The second-order valence-corrected chi connectivity index (χ2v) is 6.19. The molecule has 1 N–H and O–H groups in total. The van der Waals surface area contributed by atoms with Crippen molar-refractivity contribution in [2.24, 2.45) is 0 Å². The summed E-state index contributed by atoms with van der Waals surface area (Å²) in [6.45, 7) is 2.37. The Hall–Kier alpha value is -2.79. The van der Waals surface area contributed by atoms with Crippen molar-refractivity contribution in [3.05, 3.63) is 66.0 Å². The quantitative estimate of drug-likeness (QED) is 0.662. The van der Waals surface area contributed by atoms with Gasteiger partial charge in [0.15, 0.2) is 18.1 Å². The van der Waals surface area contributed by atoms with Crippen LogP contribution in [0.5, 0.6) is 11.5 Å². The van der Waals surface area contributed by atoms with Crippen LogP contribution < -0.4 is 14.8 Å². The molecule has 0 unspecified atom stereocenters. The molecule has 0 aliphatic heterocycles. The summed E-state index contributed by atoms with van der Waals surface area (Å²) in [7, 11) is 0. The van der Waals surface area contributed by atoms with Crippen LogP contribution in [0.2, 0.25) is 0 Å². The Morgan fingerprint density at radius 3 is 2.40 bits per heavy atom. The molecule has 5 heteroatoms. The molecule has 1 heterocycles. The number of hydrogen-bond acceptors (Lipinski definition) is 4. The maximum atomic E-state index is 12.3. The lowest BCUT2D eigenvalue weighted by Gasteiger charge is -2.13. The minimum Gasteiger partial charge on any atom is -0.490 e. The fraction of sp³-hybridized carbons (Fsp3) is 0.150. The van der Waals surface area contributed by atoms with E-state index in [2.05, 4.69) is 5.32 Å². The highest BCUT2D eigenvalue weighted by molar-refractivity contribution is 7.13. The van der Waals surface area contributed by atoms with Crippen LogP contribution >= 0.6 is 11.3 Å². The summed E-state index contributed by atoms with van der Waals surface area (Å²) in [5.41, 5.74) is 1.78. The Kier molecular flexibility index (Phi) is 5.69. The van der Waals surface area contributed by atoms with Crippen molar-refractivity contribution in [2.45, 2.75) is 6.92 Å². The summed E-state index contributed by atoms with van der Waals surface area (Å²) in [6, 6.07) is 19.1. The van der Waals surface area contributed by atoms with Crippen LogP contribution in [0.4, 0.5) is 5.69 Å². The fourth-order valence-corrected chi connectivity index (χ4v) is 3.18. The minimum absolute atomic E-state index is 0.0805. The summed E-state index contributed by atoms with van der Waals surface area (Å²) >= 11 is 1.64. The molecule has 0 bridgehead atoms. The zero-order chi connectivity index (χ0) is 17.5. The van der Waals surface area contributed by atoms with E-state index < -0.39 is 0 Å². The van der Waals surface area contributed by atoms with E-state index in [0.29, 0.717) is 18.1 Å². The van der Waals surface area contributed by atoms with Crippen molar-refractivity contribution in [3.8, 4) is 21.9 Å². The first-order valence-electron chi connectivity index (χ1n) is 8.05. The third-order valence-electron chi connectivity index (χ3n) is 3.50. The highest BCUT2D eigenvalue weighted by Gasteiger charge is 2.11. The number of anilines is 1. The molecule has 0 aliphatic rings. The van der Waals surface area contributed by atoms with Gasteiger partial charge in [-0.3, -0.25) is 4.79 Å². The molecule has 0 fully saturated rings. The molecule has 128 valence electrons. The van der Waals surface area contributed by atoms with Crippen LogP contribution in [0.1, 0.15) is 6.92 Å². The van der Waals surface area contributed by atoms with Gasteiger partial charge < -0.3 is 14.8 Å². The second kappa shape index (κ2) is 8.35. The Balaban J connectivity index is 1.66. The molecule has 0 aliphatic carbocycles. The summed E-state index contributed by atoms with van der Waals surface area (Å²) in [5, 5.41) is 4.94. The Labute approximate surface area is 151 Å². The topological polar surface area (TPSA) is 47.6 Å². The first kappa shape index (κ1) is 17.0. The molecule has 0 radical (unpaired) electrons. The Morgan fingerprint density at radius 2 is 1.68 bits per heavy atom. The smallest absolute Gasteiger partial charge is 0.262 e. The molecule has 0 spiro atoms. The highest BCUT2D eigenvalue weighted by Crippen LogP contribution is 2.31. The zero-order valence-electron chi connectivity index (χ0n) is 13.9. The predicted molar refractivity (Wildman–Crippen MR) is 101 cm³/mol. The van der Waals surface area contributed by atoms with Crippen molar-refractivity contribution in [3.63, 3.8) is 0 Å². The van der Waals surface area contributed by atoms with E-state index >= 15 is 0 Å². The van der Waals surface area contributed by atoms with E-state index in [9.17, 15) is 4.79 Å². The van der Waals surface area contributed by atoms with Gasteiger partial charge in [-0.2, -0.15) is 0 Å². The fourth-order valence-electron chi connectivity index (χ4n) is 2.41. The number of rotatable bonds is 7. The third-order valence-corrected chi connectivity index (χ3v) is 4.40. The first-order valence-corrected chi connectivity index (χ1v) is 8.93. The summed E-state index contributed by atoms with van der Waals surface area (Å²) in [4.78, 5) is 13.4. The van der Waals surface area contributed by atoms with Crippen molar-refractivity contribution in [2.75, 3.05) is 18.5 Å². The van der Waals surface area contributed by atoms with Crippen LogP contribution in [0.15, 0.2) is 66.0 Å². The van der Waals surface area contributed by atoms with Crippen LogP contribution in [-0.2, 0) is 4.79 Å². The van der Waals surface area contributed by atoms with Gasteiger partial charge in [-0.05, 0) is 36.6 Å². The lowest BCUT2D eigenvalue weighted by molar-refractivity contribution is -0.118. The lowest BCUT2D eigenvalue weighted by Crippen LogP contribution is -2.20. The third kappa shape index (κ3) is 4.39. The van der Waals surface area contributed by atoms with E-state index in [-0.39, 0.29) is 12.5 Å². The van der Waals surface area contributed by atoms with Gasteiger partial charge in [0.05, 0.1) is 6.61 Å². The van der Waals surface area contributed by atoms with Crippen LogP contribution in [-0.4, -0.2) is 19.1 Å². The number of amides is 1. The van der Waals surface area contributed by atoms with E-state index in [0.717, 1.165) is 16.1 Å². The molecule has 0 atom stereocenters. The molecule has 0 saturated carbocycles. The van der Waals surface area contributed by atoms with Gasteiger partial charge in [-0.15, -0.1) is 11.3 Å². The van der Waals surface area contributed by atoms with E-state index in [1.54, 1.807) is 17.4 Å². The normalized spacial score (nSPS) is 10.3. The van der Waals surface area contributed by atoms with Gasteiger partial charge in [0.25, 0.3) is 5.91 Å². The van der Waals surface area contributed by atoms with Gasteiger partial charge >= 0.3 is 0 Å². The number of thiophene rings is 1.